The van der Waals surface area contributed by atoms with Crippen molar-refractivity contribution in [1.82, 2.24) is 9.97 Å². The number of fused-ring (bicyclic) bond motifs is 7. The van der Waals surface area contributed by atoms with E-state index in [4.69, 9.17) is 9.97 Å². The van der Waals surface area contributed by atoms with E-state index in [9.17, 15) is 0 Å². The third kappa shape index (κ3) is 5.33. The fourth-order valence-corrected chi connectivity index (χ4v) is 10.9. The van der Waals surface area contributed by atoms with E-state index in [1.165, 1.54) is 64.7 Å². The number of thiophene rings is 1. The van der Waals surface area contributed by atoms with Gasteiger partial charge in [0.1, 0.15) is 0 Å². The van der Waals surface area contributed by atoms with Crippen molar-refractivity contribution < 1.29 is 0 Å². The topological polar surface area (TPSA) is 25.8 Å². The van der Waals surface area contributed by atoms with Crippen molar-refractivity contribution in [2.45, 2.75) is 5.41 Å². The molecule has 1 aliphatic rings. The Morgan fingerprint density at radius 3 is 1.70 bits per heavy atom. The zero-order valence-corrected chi connectivity index (χ0v) is 33.4. The molecule has 0 saturated carbocycles. The van der Waals surface area contributed by atoms with E-state index in [1.54, 1.807) is 0 Å². The molecule has 2 aromatic heterocycles. The SMILES string of the molecule is c1ccc(C2(c3ccccc3)c3ccccc3-c3cc(-c4cc(-c5ccc(-c6cccc7sc8ccccc8c67)cc5)nc(-c5cccc6ccccc56)n4)ccc32)cc1. The van der Waals surface area contributed by atoms with Crippen LogP contribution in [0.3, 0.4) is 0 Å². The normalized spacial score (nSPS) is 12.8. The minimum absolute atomic E-state index is 0.459. The quantitative estimate of drug-likeness (QED) is 0.168. The van der Waals surface area contributed by atoms with Crippen LogP contribution in [0.25, 0.3) is 87.1 Å². The van der Waals surface area contributed by atoms with Gasteiger partial charge in [-0.05, 0) is 79.5 Å². The monoisotopic (exact) mass is 780 g/mol. The molecule has 0 bridgehead atoms. The molecule has 60 heavy (non-hydrogen) atoms. The van der Waals surface area contributed by atoms with Gasteiger partial charge in [-0.25, -0.2) is 9.97 Å². The van der Waals surface area contributed by atoms with Crippen molar-refractivity contribution in [1.29, 1.82) is 0 Å². The predicted octanol–water partition coefficient (Wildman–Crippen LogP) is 15.0. The molecule has 0 N–H and O–H groups in total. The lowest BCUT2D eigenvalue weighted by molar-refractivity contribution is 0.768. The summed E-state index contributed by atoms with van der Waals surface area (Å²) in [5.41, 5.74) is 14.4. The first-order valence-corrected chi connectivity index (χ1v) is 21.3. The molecular weight excluding hydrogens is 745 g/mol. The van der Waals surface area contributed by atoms with Crippen molar-refractivity contribution >= 4 is 42.3 Å². The van der Waals surface area contributed by atoms with Gasteiger partial charge in [-0.2, -0.15) is 0 Å². The Kier molecular flexibility index (Phi) is 7.97. The maximum absolute atomic E-state index is 5.40. The van der Waals surface area contributed by atoms with E-state index in [0.29, 0.717) is 5.82 Å². The molecule has 0 unspecified atom stereocenters. The highest BCUT2D eigenvalue weighted by atomic mass is 32.1. The van der Waals surface area contributed by atoms with Gasteiger partial charge >= 0.3 is 0 Å². The molecule has 0 fully saturated rings. The van der Waals surface area contributed by atoms with Gasteiger partial charge in [-0.3, -0.25) is 0 Å². The number of rotatable bonds is 6. The summed E-state index contributed by atoms with van der Waals surface area (Å²) >= 11 is 1.85. The molecular formula is C57H36N2S. The maximum Gasteiger partial charge on any atom is 0.161 e. The minimum Gasteiger partial charge on any atom is -0.228 e. The van der Waals surface area contributed by atoms with Crippen molar-refractivity contribution in [3.05, 3.63) is 241 Å². The van der Waals surface area contributed by atoms with Gasteiger partial charge in [0, 0.05) is 36.9 Å². The highest BCUT2D eigenvalue weighted by molar-refractivity contribution is 7.25. The van der Waals surface area contributed by atoms with Crippen molar-refractivity contribution in [2.75, 3.05) is 0 Å². The summed E-state index contributed by atoms with van der Waals surface area (Å²) in [6.07, 6.45) is 0. The van der Waals surface area contributed by atoms with Gasteiger partial charge in [0.2, 0.25) is 0 Å². The average Bonchev–Trinajstić information content (AvgIpc) is 3.86. The summed E-state index contributed by atoms with van der Waals surface area (Å²) in [6, 6.07) is 79.2. The molecule has 0 amide bonds. The molecule has 12 rings (SSSR count). The Bertz CT molecular complexity index is 3380. The van der Waals surface area contributed by atoms with Gasteiger partial charge in [-0.1, -0.05) is 194 Å². The molecule has 280 valence electrons. The molecule has 2 heterocycles. The van der Waals surface area contributed by atoms with Gasteiger partial charge < -0.3 is 0 Å². The number of benzene rings is 9. The van der Waals surface area contributed by atoms with E-state index in [-0.39, 0.29) is 0 Å². The van der Waals surface area contributed by atoms with Crippen LogP contribution in [0.5, 0.6) is 0 Å². The highest BCUT2D eigenvalue weighted by Gasteiger charge is 2.46. The summed E-state index contributed by atoms with van der Waals surface area (Å²) in [6.45, 7) is 0. The Morgan fingerprint density at radius 2 is 0.900 bits per heavy atom. The first-order valence-electron chi connectivity index (χ1n) is 20.5. The van der Waals surface area contributed by atoms with Crippen LogP contribution in [-0.2, 0) is 5.41 Å². The smallest absolute Gasteiger partial charge is 0.161 e. The molecule has 2 nitrogen and oxygen atoms in total. The Labute approximate surface area is 352 Å². The van der Waals surface area contributed by atoms with Gasteiger partial charge in [-0.15, -0.1) is 11.3 Å². The highest BCUT2D eigenvalue weighted by Crippen LogP contribution is 2.56. The third-order valence-electron chi connectivity index (χ3n) is 12.4. The molecule has 0 atom stereocenters. The van der Waals surface area contributed by atoms with Crippen molar-refractivity contribution in [3.8, 4) is 56.2 Å². The van der Waals surface area contributed by atoms with E-state index >= 15 is 0 Å². The molecule has 9 aromatic carbocycles. The molecule has 0 radical (unpaired) electrons. The molecule has 11 aromatic rings. The van der Waals surface area contributed by atoms with Gasteiger partial charge in [0.05, 0.1) is 16.8 Å². The standard InChI is InChI=1S/C57H36N2S/c1-3-17-41(18-4-1)57(42-19-5-2-6-20-42)49-26-11-9-22-45(49)48-35-40(33-34-50(48)57)52-36-51(58-56(59-52)46-25-13-16-37-15-7-8-21-43(37)46)39-31-29-38(30-32-39)44-24-14-28-54-55(44)47-23-10-12-27-53(47)60-54/h1-36H. The molecule has 3 heteroatoms. The van der Waals surface area contributed by atoms with Crippen LogP contribution in [0.15, 0.2) is 218 Å². The summed E-state index contributed by atoms with van der Waals surface area (Å²) in [7, 11) is 0. The molecule has 0 spiro atoms. The number of hydrogen-bond donors (Lipinski definition) is 0. The van der Waals surface area contributed by atoms with E-state index < -0.39 is 5.41 Å². The summed E-state index contributed by atoms with van der Waals surface area (Å²) in [5, 5.41) is 4.92. The second kappa shape index (κ2) is 13.8. The van der Waals surface area contributed by atoms with E-state index in [0.717, 1.165) is 38.9 Å². The van der Waals surface area contributed by atoms with E-state index in [2.05, 4.69) is 218 Å². The van der Waals surface area contributed by atoms with E-state index in [1.807, 2.05) is 11.3 Å². The van der Waals surface area contributed by atoms with Crippen LogP contribution < -0.4 is 0 Å². The largest absolute Gasteiger partial charge is 0.228 e. The summed E-state index contributed by atoms with van der Waals surface area (Å²) in [4.78, 5) is 10.7. The van der Waals surface area contributed by atoms with Crippen LogP contribution >= 0.6 is 11.3 Å². The first kappa shape index (κ1) is 34.6. The summed E-state index contributed by atoms with van der Waals surface area (Å²) in [5.74, 6) is 0.710. The van der Waals surface area contributed by atoms with Crippen LogP contribution in [0.2, 0.25) is 0 Å². The fraction of sp³-hybridized carbons (Fsp3) is 0.0175. The Balaban J connectivity index is 1.04. The third-order valence-corrected chi connectivity index (χ3v) is 13.5. The maximum atomic E-state index is 5.40. The lowest BCUT2D eigenvalue weighted by Gasteiger charge is -2.33. The van der Waals surface area contributed by atoms with Crippen molar-refractivity contribution in [3.63, 3.8) is 0 Å². The first-order chi connectivity index (χ1) is 29.7. The Hall–Kier alpha value is -7.46. The Morgan fingerprint density at radius 1 is 0.350 bits per heavy atom. The zero-order valence-electron chi connectivity index (χ0n) is 32.6. The van der Waals surface area contributed by atoms with Crippen LogP contribution in [-0.4, -0.2) is 9.97 Å². The van der Waals surface area contributed by atoms with Crippen LogP contribution in [0.4, 0.5) is 0 Å². The lowest BCUT2D eigenvalue weighted by Crippen LogP contribution is -2.28. The second-order valence-electron chi connectivity index (χ2n) is 15.6. The van der Waals surface area contributed by atoms with Crippen LogP contribution in [0.1, 0.15) is 22.3 Å². The molecule has 0 saturated heterocycles. The predicted molar refractivity (Wildman–Crippen MR) is 251 cm³/mol. The van der Waals surface area contributed by atoms with Crippen molar-refractivity contribution in [2.24, 2.45) is 0 Å². The minimum atomic E-state index is -0.459. The lowest BCUT2D eigenvalue weighted by atomic mass is 9.67. The zero-order chi connectivity index (χ0) is 39.6. The second-order valence-corrected chi connectivity index (χ2v) is 16.7. The fourth-order valence-electron chi connectivity index (χ4n) is 9.73. The number of hydrogen-bond acceptors (Lipinski definition) is 3. The molecule has 1 aliphatic carbocycles. The van der Waals surface area contributed by atoms with Gasteiger partial charge in [0.15, 0.2) is 5.82 Å². The average molecular weight is 781 g/mol. The number of aromatic nitrogens is 2. The van der Waals surface area contributed by atoms with Crippen LogP contribution in [0, 0.1) is 0 Å². The number of nitrogens with zero attached hydrogens (tertiary/aromatic N) is 2. The van der Waals surface area contributed by atoms with Gasteiger partial charge in [0.25, 0.3) is 0 Å². The molecule has 0 aliphatic heterocycles. The summed E-state index contributed by atoms with van der Waals surface area (Å²) < 4.78 is 2.62.